The van der Waals surface area contributed by atoms with E-state index < -0.39 is 0 Å². The Bertz CT molecular complexity index is 526. The van der Waals surface area contributed by atoms with Crippen molar-refractivity contribution in [1.29, 1.82) is 0 Å². The maximum Gasteiger partial charge on any atom is 0.257 e. The van der Waals surface area contributed by atoms with Crippen LogP contribution in [-0.2, 0) is 6.42 Å². The van der Waals surface area contributed by atoms with Gasteiger partial charge in [-0.05, 0) is 36.7 Å². The predicted molar refractivity (Wildman–Crippen MR) is 71.4 cm³/mol. The topological polar surface area (TPSA) is 68.0 Å². The molecule has 0 spiro atoms. The summed E-state index contributed by atoms with van der Waals surface area (Å²) < 4.78 is 0. The van der Waals surface area contributed by atoms with Crippen LogP contribution >= 0.6 is 0 Å². The Hall–Kier alpha value is -2.20. The van der Waals surface area contributed by atoms with Gasteiger partial charge in [-0.15, -0.1) is 0 Å². The molecule has 0 aliphatic rings. The molecule has 0 aliphatic heterocycles. The van der Waals surface area contributed by atoms with Crippen molar-refractivity contribution < 1.29 is 4.79 Å². The molecule has 2 rings (SSSR count). The number of hydrogen-bond acceptors (Lipinski definition) is 3. The van der Waals surface area contributed by atoms with Gasteiger partial charge in [0, 0.05) is 11.8 Å². The third kappa shape index (κ3) is 2.93. The first-order valence-electron chi connectivity index (χ1n) is 5.81. The highest BCUT2D eigenvalue weighted by molar-refractivity contribution is 6.04. The third-order valence-corrected chi connectivity index (χ3v) is 2.58. The predicted octanol–water partition coefficient (Wildman–Crippen LogP) is 1.84. The van der Waals surface area contributed by atoms with E-state index in [4.69, 9.17) is 5.73 Å². The van der Waals surface area contributed by atoms with Crippen LogP contribution in [0.4, 0.5) is 5.82 Å². The molecular formula is C14H15N3O. The Morgan fingerprint density at radius 3 is 2.67 bits per heavy atom. The minimum Gasteiger partial charge on any atom is -0.330 e. The standard InChI is InChI=1S/C14H15N3O/c15-9-8-11-5-1-2-6-12(11)14(18)17-13-7-3-4-10-16-13/h1-7,10H,8-9,15H2,(H,16,17,18). The monoisotopic (exact) mass is 241 g/mol. The summed E-state index contributed by atoms with van der Waals surface area (Å²) in [7, 11) is 0. The van der Waals surface area contributed by atoms with Crippen molar-refractivity contribution in [3.8, 4) is 0 Å². The highest BCUT2D eigenvalue weighted by atomic mass is 16.1. The summed E-state index contributed by atoms with van der Waals surface area (Å²) in [6.07, 6.45) is 2.33. The van der Waals surface area contributed by atoms with Gasteiger partial charge in [0.25, 0.3) is 5.91 Å². The van der Waals surface area contributed by atoms with Crippen LogP contribution in [0.5, 0.6) is 0 Å². The number of nitrogens with one attached hydrogen (secondary N) is 1. The number of nitrogens with zero attached hydrogens (tertiary/aromatic N) is 1. The molecule has 4 nitrogen and oxygen atoms in total. The average Bonchev–Trinajstić information content (AvgIpc) is 2.41. The normalized spacial score (nSPS) is 10.1. The zero-order chi connectivity index (χ0) is 12.8. The number of nitrogens with two attached hydrogens (primary N) is 1. The SMILES string of the molecule is NCCc1ccccc1C(=O)Nc1ccccn1. The fourth-order valence-electron chi connectivity index (χ4n) is 1.74. The Morgan fingerprint density at radius 1 is 1.17 bits per heavy atom. The summed E-state index contributed by atoms with van der Waals surface area (Å²) in [6.45, 7) is 0.522. The number of pyridine rings is 1. The van der Waals surface area contributed by atoms with E-state index in [1.807, 2.05) is 24.3 Å². The number of rotatable bonds is 4. The number of benzene rings is 1. The van der Waals surface area contributed by atoms with Crippen molar-refractivity contribution in [2.45, 2.75) is 6.42 Å². The van der Waals surface area contributed by atoms with E-state index >= 15 is 0 Å². The Morgan fingerprint density at radius 2 is 1.94 bits per heavy atom. The van der Waals surface area contributed by atoms with Crippen molar-refractivity contribution in [3.05, 3.63) is 59.8 Å². The molecule has 1 amide bonds. The smallest absolute Gasteiger partial charge is 0.257 e. The number of amides is 1. The summed E-state index contributed by atoms with van der Waals surface area (Å²) in [4.78, 5) is 16.2. The van der Waals surface area contributed by atoms with Crippen LogP contribution < -0.4 is 11.1 Å². The molecule has 0 atom stereocenters. The molecule has 0 bridgehead atoms. The minimum absolute atomic E-state index is 0.155. The second-order valence-corrected chi connectivity index (χ2v) is 3.86. The maximum absolute atomic E-state index is 12.1. The van der Waals surface area contributed by atoms with Crippen molar-refractivity contribution in [1.82, 2.24) is 4.98 Å². The molecule has 0 saturated heterocycles. The Balaban J connectivity index is 2.19. The number of anilines is 1. The molecule has 3 N–H and O–H groups in total. The van der Waals surface area contributed by atoms with Gasteiger partial charge in [-0.1, -0.05) is 24.3 Å². The molecule has 1 heterocycles. The molecule has 0 aliphatic carbocycles. The number of carbonyl (C=O) groups is 1. The average molecular weight is 241 g/mol. The van der Waals surface area contributed by atoms with Gasteiger partial charge in [0.05, 0.1) is 0 Å². The lowest BCUT2D eigenvalue weighted by Crippen LogP contribution is -2.16. The first-order chi connectivity index (χ1) is 8.81. The molecule has 1 aromatic carbocycles. The van der Waals surface area contributed by atoms with Crippen LogP contribution in [0, 0.1) is 0 Å². The molecule has 1 aromatic heterocycles. The van der Waals surface area contributed by atoms with Gasteiger partial charge in [-0.3, -0.25) is 4.79 Å². The summed E-state index contributed by atoms with van der Waals surface area (Å²) in [6, 6.07) is 12.8. The van der Waals surface area contributed by atoms with Crippen molar-refractivity contribution in [2.75, 3.05) is 11.9 Å². The fourth-order valence-corrected chi connectivity index (χ4v) is 1.74. The first-order valence-corrected chi connectivity index (χ1v) is 5.81. The molecule has 2 aromatic rings. The van der Waals surface area contributed by atoms with Crippen LogP contribution in [0.2, 0.25) is 0 Å². The highest BCUT2D eigenvalue weighted by Crippen LogP contribution is 2.11. The highest BCUT2D eigenvalue weighted by Gasteiger charge is 2.10. The summed E-state index contributed by atoms with van der Waals surface area (Å²) >= 11 is 0. The van der Waals surface area contributed by atoms with Gasteiger partial charge in [-0.25, -0.2) is 4.98 Å². The lowest BCUT2D eigenvalue weighted by atomic mass is 10.0. The number of aromatic nitrogens is 1. The lowest BCUT2D eigenvalue weighted by Gasteiger charge is -2.08. The minimum atomic E-state index is -0.155. The van der Waals surface area contributed by atoms with Gasteiger partial charge in [0.15, 0.2) is 0 Å². The summed E-state index contributed by atoms with van der Waals surface area (Å²) in [5.41, 5.74) is 7.14. The van der Waals surface area contributed by atoms with E-state index in [9.17, 15) is 4.79 Å². The maximum atomic E-state index is 12.1. The van der Waals surface area contributed by atoms with E-state index in [-0.39, 0.29) is 5.91 Å². The first kappa shape index (κ1) is 12.3. The van der Waals surface area contributed by atoms with Crippen LogP contribution in [0.1, 0.15) is 15.9 Å². The molecule has 0 unspecified atom stereocenters. The van der Waals surface area contributed by atoms with Crippen molar-refractivity contribution >= 4 is 11.7 Å². The van der Waals surface area contributed by atoms with E-state index in [1.165, 1.54) is 0 Å². The van der Waals surface area contributed by atoms with E-state index in [0.29, 0.717) is 24.3 Å². The largest absolute Gasteiger partial charge is 0.330 e. The van der Waals surface area contributed by atoms with Gasteiger partial charge in [-0.2, -0.15) is 0 Å². The second-order valence-electron chi connectivity index (χ2n) is 3.86. The van der Waals surface area contributed by atoms with E-state index in [2.05, 4.69) is 10.3 Å². The van der Waals surface area contributed by atoms with Gasteiger partial charge in [0.1, 0.15) is 5.82 Å². The van der Waals surface area contributed by atoms with Crippen LogP contribution in [-0.4, -0.2) is 17.4 Å². The van der Waals surface area contributed by atoms with Gasteiger partial charge in [0.2, 0.25) is 0 Å². The molecule has 0 fully saturated rings. The third-order valence-electron chi connectivity index (χ3n) is 2.58. The molecule has 0 saturated carbocycles. The van der Waals surface area contributed by atoms with E-state index in [1.54, 1.807) is 24.4 Å². The molecular weight excluding hydrogens is 226 g/mol. The second kappa shape index (κ2) is 5.93. The summed E-state index contributed by atoms with van der Waals surface area (Å²) in [5, 5.41) is 2.77. The van der Waals surface area contributed by atoms with Crippen LogP contribution in [0.25, 0.3) is 0 Å². The van der Waals surface area contributed by atoms with Crippen molar-refractivity contribution in [3.63, 3.8) is 0 Å². The Labute approximate surface area is 106 Å². The molecule has 92 valence electrons. The molecule has 18 heavy (non-hydrogen) atoms. The van der Waals surface area contributed by atoms with Gasteiger partial charge < -0.3 is 11.1 Å². The van der Waals surface area contributed by atoms with E-state index in [0.717, 1.165) is 5.56 Å². The van der Waals surface area contributed by atoms with Crippen molar-refractivity contribution in [2.24, 2.45) is 5.73 Å². The van der Waals surface area contributed by atoms with Crippen LogP contribution in [0.15, 0.2) is 48.7 Å². The van der Waals surface area contributed by atoms with Crippen LogP contribution in [0.3, 0.4) is 0 Å². The zero-order valence-electron chi connectivity index (χ0n) is 9.97. The molecule has 4 heteroatoms. The Kier molecular flexibility index (Phi) is 4.04. The lowest BCUT2D eigenvalue weighted by molar-refractivity contribution is 0.102. The molecule has 0 radical (unpaired) electrons. The quantitative estimate of drug-likeness (QED) is 0.858. The summed E-state index contributed by atoms with van der Waals surface area (Å²) in [5.74, 6) is 0.391. The fraction of sp³-hybridized carbons (Fsp3) is 0.143. The van der Waals surface area contributed by atoms with Gasteiger partial charge >= 0.3 is 0 Å². The zero-order valence-corrected chi connectivity index (χ0v) is 9.97. The number of carbonyl (C=O) groups excluding carboxylic acids is 1. The number of hydrogen-bond donors (Lipinski definition) is 2.